The minimum absolute atomic E-state index is 0.0155. The fourth-order valence-electron chi connectivity index (χ4n) is 4.18. The van der Waals surface area contributed by atoms with Gasteiger partial charge in [0.05, 0.1) is 24.0 Å². The summed E-state index contributed by atoms with van der Waals surface area (Å²) >= 11 is 0. The lowest BCUT2D eigenvalue weighted by Gasteiger charge is -2.34. The van der Waals surface area contributed by atoms with Gasteiger partial charge >= 0.3 is 6.03 Å². The number of likely N-dealkylation sites (tertiary alicyclic amines) is 1. The number of fused-ring (bicyclic) bond motifs is 5. The number of pyridine rings is 1. The molecule has 0 N–H and O–H groups in total. The predicted octanol–water partition coefficient (Wildman–Crippen LogP) is 0.792. The molecular weight excluding hydrogens is 322 g/mol. The van der Waals surface area contributed by atoms with Gasteiger partial charge < -0.3 is 9.80 Å². The van der Waals surface area contributed by atoms with Gasteiger partial charge in [0, 0.05) is 13.0 Å². The van der Waals surface area contributed by atoms with E-state index >= 15 is 0 Å². The first-order chi connectivity index (χ1) is 12.0. The number of hydrogen-bond donors (Lipinski definition) is 0. The molecule has 1 aromatic rings. The Labute approximate surface area is 144 Å². The number of aromatic nitrogens is 1. The number of carbonyl (C=O) groups is 3. The van der Waals surface area contributed by atoms with Gasteiger partial charge in [-0.1, -0.05) is 6.92 Å². The number of amides is 4. The fraction of sp³-hybridized carbons (Fsp3) is 0.471. The van der Waals surface area contributed by atoms with E-state index in [2.05, 4.69) is 4.98 Å². The summed E-state index contributed by atoms with van der Waals surface area (Å²) in [7, 11) is 0. The van der Waals surface area contributed by atoms with E-state index in [0.29, 0.717) is 30.6 Å². The molecule has 1 aromatic heterocycles. The number of rotatable bonds is 2. The third kappa shape index (κ3) is 1.98. The second-order valence-corrected chi connectivity index (χ2v) is 6.64. The minimum atomic E-state index is -0.613. The lowest BCUT2D eigenvalue weighted by Crippen LogP contribution is -2.54. The lowest BCUT2D eigenvalue weighted by atomic mass is 10.1. The van der Waals surface area contributed by atoms with Crippen LogP contribution < -0.4 is 4.90 Å². The average Bonchev–Trinajstić information content (AvgIpc) is 3.26. The zero-order valence-corrected chi connectivity index (χ0v) is 14.0. The number of anilines is 1. The number of hydrogen-bond acceptors (Lipinski definition) is 5. The number of imide groups is 1. The summed E-state index contributed by atoms with van der Waals surface area (Å²) in [4.78, 5) is 46.4. The minimum Gasteiger partial charge on any atom is -0.335 e. The van der Waals surface area contributed by atoms with Crippen molar-refractivity contribution in [2.24, 2.45) is 0 Å². The quantitative estimate of drug-likeness (QED) is 0.742. The van der Waals surface area contributed by atoms with Crippen LogP contribution in [-0.2, 0) is 9.59 Å². The maximum atomic E-state index is 12.9. The molecule has 3 atom stereocenters. The number of carbonyl (C=O) groups excluding carboxylic acids is 3. The third-order valence-electron chi connectivity index (χ3n) is 5.32. The average molecular weight is 339 g/mol. The zero-order valence-electron chi connectivity index (χ0n) is 14.0. The molecule has 3 fully saturated rings. The molecule has 3 aliphatic rings. The van der Waals surface area contributed by atoms with Crippen molar-refractivity contribution in [1.82, 2.24) is 14.8 Å². The second-order valence-electron chi connectivity index (χ2n) is 6.64. The first kappa shape index (κ1) is 15.6. The molecule has 3 aliphatic heterocycles. The fourth-order valence-corrected chi connectivity index (χ4v) is 4.18. The van der Waals surface area contributed by atoms with Gasteiger partial charge in [0.15, 0.2) is 0 Å². The van der Waals surface area contributed by atoms with Crippen LogP contribution in [0.25, 0.3) is 0 Å². The predicted molar refractivity (Wildman–Crippen MR) is 86.4 cm³/mol. The molecule has 0 spiro atoms. The van der Waals surface area contributed by atoms with E-state index in [1.165, 1.54) is 6.20 Å². The van der Waals surface area contributed by atoms with Crippen molar-refractivity contribution in [3.8, 4) is 6.07 Å². The first-order valence-corrected chi connectivity index (χ1v) is 8.30. The molecule has 4 rings (SSSR count). The Kier molecular flexibility index (Phi) is 3.29. The van der Waals surface area contributed by atoms with Gasteiger partial charge in [0.2, 0.25) is 5.91 Å². The summed E-state index contributed by atoms with van der Waals surface area (Å²) in [5.41, 5.74) is 1.25. The number of urea groups is 1. The van der Waals surface area contributed by atoms with Gasteiger partial charge in [-0.3, -0.25) is 9.59 Å². The van der Waals surface area contributed by atoms with Crippen LogP contribution in [0.2, 0.25) is 0 Å². The topological polar surface area (TPSA) is 97.6 Å². The molecule has 4 amide bonds. The summed E-state index contributed by atoms with van der Waals surface area (Å²) in [6.07, 6.45) is 2.42. The van der Waals surface area contributed by atoms with Crippen LogP contribution in [0.5, 0.6) is 0 Å². The summed E-state index contributed by atoms with van der Waals surface area (Å²) in [6.45, 7) is 4.00. The van der Waals surface area contributed by atoms with Crippen LogP contribution in [0, 0.1) is 18.3 Å². The molecule has 0 aliphatic carbocycles. The lowest BCUT2D eigenvalue weighted by molar-refractivity contribution is -0.135. The highest BCUT2D eigenvalue weighted by atomic mass is 16.2. The van der Waals surface area contributed by atoms with E-state index in [0.717, 1.165) is 4.90 Å². The van der Waals surface area contributed by atoms with Crippen molar-refractivity contribution in [2.75, 3.05) is 11.4 Å². The molecule has 0 radical (unpaired) electrons. The van der Waals surface area contributed by atoms with Gasteiger partial charge in [-0.15, -0.1) is 0 Å². The van der Waals surface area contributed by atoms with E-state index in [9.17, 15) is 14.4 Å². The Morgan fingerprint density at radius 3 is 2.84 bits per heavy atom. The van der Waals surface area contributed by atoms with Gasteiger partial charge in [-0.25, -0.2) is 14.7 Å². The summed E-state index contributed by atoms with van der Waals surface area (Å²) in [5, 5.41) is 8.99. The molecule has 0 aromatic carbocycles. The molecule has 0 saturated carbocycles. The molecule has 128 valence electrons. The summed E-state index contributed by atoms with van der Waals surface area (Å²) in [5.74, 6) is -0.307. The Hall–Kier alpha value is -2.95. The van der Waals surface area contributed by atoms with Gasteiger partial charge in [0.1, 0.15) is 17.8 Å². The van der Waals surface area contributed by atoms with Crippen LogP contribution in [-0.4, -0.2) is 57.3 Å². The third-order valence-corrected chi connectivity index (χ3v) is 5.32. The largest absolute Gasteiger partial charge is 0.335 e. The van der Waals surface area contributed by atoms with E-state index in [1.54, 1.807) is 29.7 Å². The second kappa shape index (κ2) is 5.28. The van der Waals surface area contributed by atoms with Crippen LogP contribution in [0.3, 0.4) is 0 Å². The Balaban J connectivity index is 1.68. The van der Waals surface area contributed by atoms with Gasteiger partial charge in [0.25, 0.3) is 5.91 Å². The van der Waals surface area contributed by atoms with Crippen molar-refractivity contribution in [2.45, 2.75) is 44.8 Å². The maximum Gasteiger partial charge on any atom is 0.332 e. The maximum absolute atomic E-state index is 12.9. The summed E-state index contributed by atoms with van der Waals surface area (Å²) < 4.78 is 0. The number of nitriles is 1. The Bertz CT molecular complexity index is 845. The zero-order chi connectivity index (χ0) is 17.9. The van der Waals surface area contributed by atoms with Crippen LogP contribution in [0.1, 0.15) is 31.0 Å². The standard InChI is InChI=1S/C17H17N5O3/c1-3-14(23)20-8-11-5-13(20)15-16(24)22(17(25)21(11)15)10-4-9(2)12(6-18)19-7-10/h4,7,11,13,15H,3,5,8H2,1-2H3. The highest BCUT2D eigenvalue weighted by Crippen LogP contribution is 2.42. The van der Waals surface area contributed by atoms with E-state index in [-0.39, 0.29) is 35.6 Å². The Morgan fingerprint density at radius 2 is 2.20 bits per heavy atom. The number of nitrogens with zero attached hydrogens (tertiary/aromatic N) is 5. The highest BCUT2D eigenvalue weighted by Gasteiger charge is 2.62. The van der Waals surface area contributed by atoms with Crippen molar-refractivity contribution in [3.05, 3.63) is 23.5 Å². The van der Waals surface area contributed by atoms with Crippen molar-refractivity contribution < 1.29 is 14.4 Å². The molecular formula is C17H17N5O3. The van der Waals surface area contributed by atoms with E-state index in [4.69, 9.17) is 5.26 Å². The molecule has 3 saturated heterocycles. The normalized spacial score (nSPS) is 27.1. The smallest absolute Gasteiger partial charge is 0.332 e. The number of piperazine rings is 1. The molecule has 3 unspecified atom stereocenters. The first-order valence-electron chi connectivity index (χ1n) is 8.30. The molecule has 2 bridgehead atoms. The van der Waals surface area contributed by atoms with Crippen molar-refractivity contribution in [1.29, 1.82) is 5.26 Å². The number of aryl methyl sites for hydroxylation is 1. The van der Waals surface area contributed by atoms with Crippen molar-refractivity contribution in [3.63, 3.8) is 0 Å². The molecule has 8 nitrogen and oxygen atoms in total. The molecule has 8 heteroatoms. The SMILES string of the molecule is CCC(=O)N1CC2CC1C1C(=O)N(c3cnc(C#N)c(C)c3)C(=O)N21. The Morgan fingerprint density at radius 1 is 1.44 bits per heavy atom. The molecule has 25 heavy (non-hydrogen) atoms. The van der Waals surface area contributed by atoms with E-state index < -0.39 is 6.04 Å². The van der Waals surface area contributed by atoms with Crippen LogP contribution >= 0.6 is 0 Å². The monoisotopic (exact) mass is 339 g/mol. The van der Waals surface area contributed by atoms with E-state index in [1.807, 2.05) is 6.07 Å². The summed E-state index contributed by atoms with van der Waals surface area (Å²) in [6, 6.07) is 2.26. The van der Waals surface area contributed by atoms with Crippen molar-refractivity contribution >= 4 is 23.5 Å². The molecule has 4 heterocycles. The van der Waals surface area contributed by atoms with Crippen LogP contribution in [0.15, 0.2) is 12.3 Å². The van der Waals surface area contributed by atoms with Crippen LogP contribution in [0.4, 0.5) is 10.5 Å². The van der Waals surface area contributed by atoms with Gasteiger partial charge in [-0.2, -0.15) is 5.26 Å². The van der Waals surface area contributed by atoms with Gasteiger partial charge in [-0.05, 0) is 25.0 Å². The highest BCUT2D eigenvalue weighted by molar-refractivity contribution is 6.22.